The molecule has 0 bridgehead atoms. The first-order valence-electron chi connectivity index (χ1n) is 9.47. The molecule has 0 aromatic heterocycles. The van der Waals surface area contributed by atoms with Gasteiger partial charge in [-0.1, -0.05) is 32.4 Å². The fourth-order valence-corrected chi connectivity index (χ4v) is 4.76. The number of anilines is 1. The molecule has 0 unspecified atom stereocenters. The maximum Gasteiger partial charge on any atom is 0.418 e. The molecule has 0 spiro atoms. The summed E-state index contributed by atoms with van der Waals surface area (Å²) in [7, 11) is -4.01. The van der Waals surface area contributed by atoms with Crippen LogP contribution < -0.4 is 9.62 Å². The number of carbonyl (C=O) groups is 1. The number of nitrogens with zero attached hydrogens (tertiary/aromatic N) is 1. The third kappa shape index (κ3) is 8.71. The van der Waals surface area contributed by atoms with E-state index in [0.717, 1.165) is 18.7 Å². The maximum atomic E-state index is 13.4. The molecule has 172 valence electrons. The van der Waals surface area contributed by atoms with E-state index in [1.54, 1.807) is 0 Å². The van der Waals surface area contributed by atoms with Crippen molar-refractivity contribution in [3.8, 4) is 0 Å². The van der Waals surface area contributed by atoms with E-state index in [1.165, 1.54) is 6.07 Å². The minimum absolute atomic E-state index is 0.00749. The number of carbonyl (C=O) groups excluding carboxylic acids is 1. The van der Waals surface area contributed by atoms with E-state index in [4.69, 9.17) is 11.6 Å². The van der Waals surface area contributed by atoms with Crippen molar-refractivity contribution in [3.63, 3.8) is 0 Å². The van der Waals surface area contributed by atoms with Crippen molar-refractivity contribution in [1.29, 1.82) is 0 Å². The molecule has 0 aliphatic carbocycles. The van der Waals surface area contributed by atoms with Crippen LogP contribution in [0.4, 0.5) is 18.9 Å². The van der Waals surface area contributed by atoms with Crippen molar-refractivity contribution in [1.82, 2.24) is 5.32 Å². The van der Waals surface area contributed by atoms with E-state index in [-0.39, 0.29) is 35.7 Å². The van der Waals surface area contributed by atoms with E-state index < -0.39 is 33.0 Å². The predicted octanol–water partition coefficient (Wildman–Crippen LogP) is 5.24. The van der Waals surface area contributed by atoms with Gasteiger partial charge in [-0.3, -0.25) is 9.10 Å². The first-order valence-corrected chi connectivity index (χ1v) is 11.7. The highest BCUT2D eigenvalue weighted by Gasteiger charge is 2.37. The fraction of sp³-hybridized carbons (Fsp3) is 0.650. The molecule has 0 saturated carbocycles. The van der Waals surface area contributed by atoms with E-state index in [2.05, 4.69) is 26.1 Å². The van der Waals surface area contributed by atoms with E-state index in [1.807, 2.05) is 13.8 Å². The molecule has 10 heteroatoms. The Morgan fingerprint density at radius 3 is 2.17 bits per heavy atom. The Morgan fingerprint density at radius 1 is 1.13 bits per heavy atom. The molecule has 0 heterocycles. The molecule has 1 aromatic rings. The Balaban J connectivity index is 2.95. The normalized spacial score (nSPS) is 13.3. The van der Waals surface area contributed by atoms with E-state index in [9.17, 15) is 26.4 Å². The predicted molar refractivity (Wildman–Crippen MR) is 114 cm³/mol. The minimum Gasteiger partial charge on any atom is -0.351 e. The largest absolute Gasteiger partial charge is 0.418 e. The summed E-state index contributed by atoms with van der Waals surface area (Å²) >= 11 is 5.67. The summed E-state index contributed by atoms with van der Waals surface area (Å²) in [6, 6.07) is 2.92. The van der Waals surface area contributed by atoms with Gasteiger partial charge in [0.2, 0.25) is 15.9 Å². The summed E-state index contributed by atoms with van der Waals surface area (Å²) in [6.07, 6.45) is -3.19. The second kappa shape index (κ2) is 9.34. The van der Waals surface area contributed by atoms with Gasteiger partial charge in [-0.25, -0.2) is 8.42 Å². The van der Waals surface area contributed by atoms with E-state index >= 15 is 0 Å². The Bertz CT molecular complexity index is 863. The van der Waals surface area contributed by atoms with Crippen molar-refractivity contribution in [2.75, 3.05) is 17.1 Å². The van der Waals surface area contributed by atoms with E-state index in [0.29, 0.717) is 10.4 Å². The first-order chi connectivity index (χ1) is 13.3. The lowest BCUT2D eigenvalue weighted by molar-refractivity contribution is -0.137. The topological polar surface area (TPSA) is 66.5 Å². The fourth-order valence-electron chi connectivity index (χ4n) is 3.61. The van der Waals surface area contributed by atoms with Crippen molar-refractivity contribution in [3.05, 3.63) is 28.8 Å². The van der Waals surface area contributed by atoms with Crippen LogP contribution in [0.15, 0.2) is 18.2 Å². The molecule has 1 rings (SSSR count). The first kappa shape index (κ1) is 26.6. The lowest BCUT2D eigenvalue weighted by Crippen LogP contribution is -2.46. The van der Waals surface area contributed by atoms with Crippen LogP contribution in [0.5, 0.6) is 0 Å². The summed E-state index contributed by atoms with van der Waals surface area (Å²) in [5.41, 5.74) is -2.13. The minimum atomic E-state index is -4.78. The molecule has 5 nitrogen and oxygen atoms in total. The van der Waals surface area contributed by atoms with Crippen LogP contribution in [0.1, 0.15) is 59.4 Å². The lowest BCUT2D eigenvalue weighted by Gasteiger charge is -2.33. The van der Waals surface area contributed by atoms with Crippen LogP contribution in [0.2, 0.25) is 5.02 Å². The molecule has 0 radical (unpaired) electrons. The maximum absolute atomic E-state index is 13.4. The Kier molecular flexibility index (Phi) is 8.27. The van der Waals surface area contributed by atoms with Crippen molar-refractivity contribution >= 4 is 33.2 Å². The molecule has 1 N–H and O–H groups in total. The van der Waals surface area contributed by atoms with Gasteiger partial charge in [-0.2, -0.15) is 13.2 Å². The molecule has 1 amide bonds. The van der Waals surface area contributed by atoms with Crippen LogP contribution in [0.25, 0.3) is 0 Å². The van der Waals surface area contributed by atoms with Gasteiger partial charge in [0.25, 0.3) is 0 Å². The average Bonchev–Trinajstić information content (AvgIpc) is 2.46. The molecule has 0 aliphatic rings. The number of hydrogen-bond donors (Lipinski definition) is 1. The van der Waals surface area contributed by atoms with Gasteiger partial charge in [-0.05, 0) is 50.3 Å². The Morgan fingerprint density at radius 2 is 1.70 bits per heavy atom. The average molecular weight is 471 g/mol. The van der Waals surface area contributed by atoms with Gasteiger partial charge in [0.05, 0.1) is 17.5 Å². The molecule has 0 saturated heterocycles. The summed E-state index contributed by atoms with van der Waals surface area (Å²) in [5.74, 6) is -0.287. The van der Waals surface area contributed by atoms with Gasteiger partial charge >= 0.3 is 6.18 Å². The van der Waals surface area contributed by atoms with Crippen LogP contribution in [-0.2, 0) is 21.0 Å². The number of sulfonamides is 1. The third-order valence-corrected chi connectivity index (χ3v) is 5.56. The van der Waals surface area contributed by atoms with Crippen molar-refractivity contribution in [2.45, 2.75) is 65.6 Å². The molecule has 1 aromatic carbocycles. The van der Waals surface area contributed by atoms with Crippen LogP contribution in [-0.4, -0.2) is 32.7 Å². The number of nitrogens with one attached hydrogen (secondary N) is 1. The zero-order valence-electron chi connectivity index (χ0n) is 18.2. The second-order valence-electron chi connectivity index (χ2n) is 9.27. The number of hydrogen-bond acceptors (Lipinski definition) is 3. The summed E-state index contributed by atoms with van der Waals surface area (Å²) in [6.45, 7) is 9.67. The van der Waals surface area contributed by atoms with Gasteiger partial charge in [0.15, 0.2) is 0 Å². The zero-order valence-corrected chi connectivity index (χ0v) is 19.7. The van der Waals surface area contributed by atoms with Gasteiger partial charge in [0, 0.05) is 23.5 Å². The van der Waals surface area contributed by atoms with Gasteiger partial charge in [-0.15, -0.1) is 0 Å². The molecule has 0 aliphatic heterocycles. The number of rotatable bonds is 8. The van der Waals surface area contributed by atoms with Crippen molar-refractivity contribution < 1.29 is 26.4 Å². The summed E-state index contributed by atoms with van der Waals surface area (Å²) in [5, 5.41) is 2.75. The molecular formula is C20H30ClF3N2O3S. The van der Waals surface area contributed by atoms with Crippen LogP contribution >= 0.6 is 11.6 Å². The standard InChI is InChI=1S/C20H30ClF3N2O3S/c1-18(2,3)13-19(4,5)25-17(27)8-7-11-26(30(6,28)29)16-10-9-14(21)12-15(16)20(22,23)24/h9-10,12H,7-8,11,13H2,1-6H3,(H,25,27). The monoisotopic (exact) mass is 470 g/mol. The quantitative estimate of drug-likeness (QED) is 0.565. The number of alkyl halides is 3. The van der Waals surface area contributed by atoms with Crippen LogP contribution in [0.3, 0.4) is 0 Å². The zero-order chi connectivity index (χ0) is 23.5. The molecular weight excluding hydrogens is 441 g/mol. The van der Waals surface area contributed by atoms with Crippen LogP contribution in [0, 0.1) is 5.41 Å². The highest BCUT2D eigenvalue weighted by atomic mass is 35.5. The van der Waals surface area contributed by atoms with Gasteiger partial charge in [0.1, 0.15) is 0 Å². The Labute approximate surface area is 182 Å². The number of benzene rings is 1. The molecule has 0 atom stereocenters. The van der Waals surface area contributed by atoms with Gasteiger partial charge < -0.3 is 5.32 Å². The van der Waals surface area contributed by atoms with Crippen molar-refractivity contribution in [2.24, 2.45) is 5.41 Å². The molecule has 30 heavy (non-hydrogen) atoms. The smallest absolute Gasteiger partial charge is 0.351 e. The third-order valence-electron chi connectivity index (χ3n) is 4.15. The second-order valence-corrected chi connectivity index (χ2v) is 11.6. The molecule has 0 fully saturated rings. The summed E-state index contributed by atoms with van der Waals surface area (Å²) in [4.78, 5) is 12.3. The number of amides is 1. The lowest BCUT2D eigenvalue weighted by atomic mass is 9.82. The highest BCUT2D eigenvalue weighted by Crippen LogP contribution is 2.39. The number of halogens is 4. The summed E-state index contributed by atoms with van der Waals surface area (Å²) < 4.78 is 65.2. The Hall–Kier alpha value is -1.48. The highest BCUT2D eigenvalue weighted by molar-refractivity contribution is 7.92. The SMILES string of the molecule is CC(C)(C)CC(C)(C)NC(=O)CCCN(c1ccc(Cl)cc1C(F)(F)F)S(C)(=O)=O.